The Hall–Kier alpha value is -5.12. The lowest BCUT2D eigenvalue weighted by molar-refractivity contribution is -0.138. The first-order chi connectivity index (χ1) is 20.1. The summed E-state index contributed by atoms with van der Waals surface area (Å²) in [5.41, 5.74) is 3.80. The number of allylic oxidation sites excluding steroid dienone is 1. The number of anilines is 2. The molecule has 0 saturated carbocycles. The molecule has 3 amide bonds. The Morgan fingerprint density at radius 2 is 1.64 bits per heavy atom. The van der Waals surface area contributed by atoms with Crippen molar-refractivity contribution in [2.45, 2.75) is 41.2 Å². The van der Waals surface area contributed by atoms with Gasteiger partial charge in [0.15, 0.2) is 0 Å². The SMILES string of the molecule is CCOC(=O)C1=C(C)N(c2ccc(OCC)cc2)C(=O)/C1=C/c1ccc(CNC(=O)C(=O)Nc2ccc(C)c(C)c2)o1. The molecule has 4 rings (SSSR count). The first kappa shape index (κ1) is 29.9. The summed E-state index contributed by atoms with van der Waals surface area (Å²) in [6, 6.07) is 15.6. The molecule has 42 heavy (non-hydrogen) atoms. The third kappa shape index (κ3) is 6.60. The summed E-state index contributed by atoms with van der Waals surface area (Å²) >= 11 is 0. The van der Waals surface area contributed by atoms with Crippen LogP contribution in [0.4, 0.5) is 11.4 Å². The van der Waals surface area contributed by atoms with Crippen molar-refractivity contribution in [1.82, 2.24) is 5.32 Å². The number of nitrogens with zero attached hydrogens (tertiary/aromatic N) is 1. The van der Waals surface area contributed by atoms with Crippen LogP contribution in [0.25, 0.3) is 6.08 Å². The Morgan fingerprint density at radius 3 is 2.31 bits per heavy atom. The number of rotatable bonds is 9. The predicted octanol–water partition coefficient (Wildman–Crippen LogP) is 4.82. The number of aryl methyl sites for hydroxylation is 2. The number of carbonyl (C=O) groups is 4. The molecule has 0 unspecified atom stereocenters. The van der Waals surface area contributed by atoms with E-state index in [1.165, 1.54) is 11.0 Å². The molecule has 218 valence electrons. The number of ether oxygens (including phenoxy) is 2. The van der Waals surface area contributed by atoms with Gasteiger partial charge in [-0.3, -0.25) is 19.3 Å². The van der Waals surface area contributed by atoms with Crippen molar-refractivity contribution in [2.24, 2.45) is 0 Å². The highest BCUT2D eigenvalue weighted by Gasteiger charge is 2.38. The van der Waals surface area contributed by atoms with E-state index < -0.39 is 23.7 Å². The lowest BCUT2D eigenvalue weighted by atomic mass is 10.1. The number of amides is 3. The molecule has 10 nitrogen and oxygen atoms in total. The fraction of sp³-hybridized carbons (Fsp3) is 0.250. The topological polar surface area (TPSA) is 127 Å². The molecule has 1 aromatic heterocycles. The molecule has 2 heterocycles. The molecule has 0 atom stereocenters. The van der Waals surface area contributed by atoms with Gasteiger partial charge in [0.05, 0.1) is 30.9 Å². The van der Waals surface area contributed by atoms with Crippen LogP contribution in [0.1, 0.15) is 43.4 Å². The van der Waals surface area contributed by atoms with Crippen LogP contribution in [0.5, 0.6) is 5.75 Å². The van der Waals surface area contributed by atoms with E-state index in [1.807, 2.05) is 26.8 Å². The Bertz CT molecular complexity index is 1580. The average Bonchev–Trinajstić information content (AvgIpc) is 3.51. The van der Waals surface area contributed by atoms with E-state index in [2.05, 4.69) is 10.6 Å². The van der Waals surface area contributed by atoms with E-state index in [0.29, 0.717) is 35.2 Å². The van der Waals surface area contributed by atoms with Crippen LogP contribution in [0.3, 0.4) is 0 Å². The second kappa shape index (κ2) is 13.0. The van der Waals surface area contributed by atoms with Crippen molar-refractivity contribution in [3.05, 3.63) is 94.1 Å². The minimum absolute atomic E-state index is 0.0613. The van der Waals surface area contributed by atoms with Crippen LogP contribution >= 0.6 is 0 Å². The maximum Gasteiger partial charge on any atom is 0.340 e. The van der Waals surface area contributed by atoms with Gasteiger partial charge in [0.25, 0.3) is 5.91 Å². The van der Waals surface area contributed by atoms with Gasteiger partial charge in [-0.1, -0.05) is 6.07 Å². The van der Waals surface area contributed by atoms with Gasteiger partial charge in [-0.15, -0.1) is 0 Å². The van der Waals surface area contributed by atoms with Crippen molar-refractivity contribution < 1.29 is 33.1 Å². The van der Waals surface area contributed by atoms with Crippen LogP contribution < -0.4 is 20.3 Å². The number of benzene rings is 2. The fourth-order valence-corrected chi connectivity index (χ4v) is 4.41. The van der Waals surface area contributed by atoms with Gasteiger partial charge in [0.1, 0.15) is 17.3 Å². The summed E-state index contributed by atoms with van der Waals surface area (Å²) in [6.07, 6.45) is 1.46. The highest BCUT2D eigenvalue weighted by atomic mass is 16.5. The van der Waals surface area contributed by atoms with Crippen molar-refractivity contribution in [3.63, 3.8) is 0 Å². The van der Waals surface area contributed by atoms with E-state index in [9.17, 15) is 19.2 Å². The van der Waals surface area contributed by atoms with E-state index >= 15 is 0 Å². The molecule has 0 saturated heterocycles. The zero-order valence-electron chi connectivity index (χ0n) is 24.2. The van der Waals surface area contributed by atoms with Crippen molar-refractivity contribution in [3.8, 4) is 5.75 Å². The maximum absolute atomic E-state index is 13.6. The van der Waals surface area contributed by atoms with Gasteiger partial charge in [0, 0.05) is 17.1 Å². The summed E-state index contributed by atoms with van der Waals surface area (Å²) in [4.78, 5) is 52.6. The molecule has 10 heteroatoms. The van der Waals surface area contributed by atoms with Crippen LogP contribution in [-0.4, -0.2) is 36.9 Å². The second-order valence-corrected chi connectivity index (χ2v) is 9.55. The highest BCUT2D eigenvalue weighted by Crippen LogP contribution is 2.36. The van der Waals surface area contributed by atoms with Gasteiger partial charge < -0.3 is 24.5 Å². The number of hydrogen-bond donors (Lipinski definition) is 2. The van der Waals surface area contributed by atoms with Crippen LogP contribution in [0.15, 0.2) is 75.9 Å². The summed E-state index contributed by atoms with van der Waals surface area (Å²) in [6.45, 7) is 9.70. The lowest BCUT2D eigenvalue weighted by Crippen LogP contribution is -2.34. The summed E-state index contributed by atoms with van der Waals surface area (Å²) in [5, 5.41) is 5.09. The van der Waals surface area contributed by atoms with Crippen molar-refractivity contribution in [2.75, 3.05) is 23.4 Å². The van der Waals surface area contributed by atoms with Gasteiger partial charge in [0.2, 0.25) is 0 Å². The monoisotopic (exact) mass is 571 g/mol. The van der Waals surface area contributed by atoms with Crippen LogP contribution in [0, 0.1) is 13.8 Å². The van der Waals surface area contributed by atoms with Gasteiger partial charge >= 0.3 is 17.8 Å². The number of nitrogens with one attached hydrogen (secondary N) is 2. The molecule has 2 N–H and O–H groups in total. The standard InChI is InChI=1S/C32H33N3O7/c1-6-40-24-12-10-23(11-13-24)35-21(5)28(32(39)41-7-2)27(31(35)38)17-25-14-15-26(42-25)18-33-29(36)30(37)34-22-9-8-19(3)20(4)16-22/h8-17H,6-7,18H2,1-5H3,(H,33,36)(H,34,37)/b27-17+. The average molecular weight is 572 g/mol. The van der Waals surface area contributed by atoms with Gasteiger partial charge in [-0.25, -0.2) is 4.79 Å². The third-order valence-corrected chi connectivity index (χ3v) is 6.65. The van der Waals surface area contributed by atoms with E-state index in [4.69, 9.17) is 13.9 Å². The molecule has 0 spiro atoms. The van der Waals surface area contributed by atoms with Crippen LogP contribution in [0.2, 0.25) is 0 Å². The molecular formula is C32H33N3O7. The molecule has 3 aromatic rings. The molecule has 2 aromatic carbocycles. The normalized spacial score (nSPS) is 13.9. The third-order valence-electron chi connectivity index (χ3n) is 6.65. The zero-order valence-corrected chi connectivity index (χ0v) is 24.2. The minimum Gasteiger partial charge on any atom is -0.494 e. The smallest absolute Gasteiger partial charge is 0.340 e. The van der Waals surface area contributed by atoms with Crippen LogP contribution in [-0.2, 0) is 30.5 Å². The minimum atomic E-state index is -0.829. The molecular weight excluding hydrogens is 538 g/mol. The van der Waals surface area contributed by atoms with E-state index in [1.54, 1.807) is 62.4 Å². The maximum atomic E-state index is 13.6. The molecule has 0 bridgehead atoms. The first-order valence-corrected chi connectivity index (χ1v) is 13.5. The Kier molecular flexibility index (Phi) is 9.26. The Morgan fingerprint density at radius 1 is 0.905 bits per heavy atom. The molecule has 0 aliphatic carbocycles. The van der Waals surface area contributed by atoms with Crippen molar-refractivity contribution in [1.29, 1.82) is 0 Å². The van der Waals surface area contributed by atoms with Gasteiger partial charge in [-0.05, 0) is 100 Å². The Labute approximate surface area is 244 Å². The van der Waals surface area contributed by atoms with E-state index in [0.717, 1.165) is 11.1 Å². The van der Waals surface area contributed by atoms with Gasteiger partial charge in [-0.2, -0.15) is 0 Å². The fourth-order valence-electron chi connectivity index (χ4n) is 4.41. The summed E-state index contributed by atoms with van der Waals surface area (Å²) in [5.74, 6) is -1.39. The number of carbonyl (C=O) groups excluding carboxylic acids is 4. The quantitative estimate of drug-likeness (QED) is 0.214. The zero-order chi connectivity index (χ0) is 30.4. The molecule has 1 aliphatic rings. The number of esters is 1. The highest BCUT2D eigenvalue weighted by molar-refractivity contribution is 6.39. The lowest BCUT2D eigenvalue weighted by Gasteiger charge is -2.18. The molecule has 0 fully saturated rings. The van der Waals surface area contributed by atoms with Crippen molar-refractivity contribution >= 4 is 41.1 Å². The first-order valence-electron chi connectivity index (χ1n) is 13.5. The largest absolute Gasteiger partial charge is 0.494 e. The molecule has 1 aliphatic heterocycles. The number of hydrogen-bond acceptors (Lipinski definition) is 7. The summed E-state index contributed by atoms with van der Waals surface area (Å²) in [7, 11) is 0. The number of furan rings is 1. The molecule has 0 radical (unpaired) electrons. The summed E-state index contributed by atoms with van der Waals surface area (Å²) < 4.78 is 16.5. The Balaban J connectivity index is 1.49. The predicted molar refractivity (Wildman–Crippen MR) is 158 cm³/mol. The second-order valence-electron chi connectivity index (χ2n) is 9.55. The van der Waals surface area contributed by atoms with E-state index in [-0.39, 0.29) is 30.1 Å².